The van der Waals surface area contributed by atoms with Crippen molar-refractivity contribution in [3.63, 3.8) is 0 Å². The molecule has 1 aliphatic rings. The minimum absolute atomic E-state index is 0.0909. The van der Waals surface area contributed by atoms with Crippen molar-refractivity contribution in [2.45, 2.75) is 38.5 Å². The summed E-state index contributed by atoms with van der Waals surface area (Å²) in [5, 5.41) is 3.42. The molecule has 1 amide bonds. The van der Waals surface area contributed by atoms with Gasteiger partial charge >= 0.3 is 0 Å². The number of halogens is 1. The minimum Gasteiger partial charge on any atom is -0.481 e. The van der Waals surface area contributed by atoms with Crippen LogP contribution < -0.4 is 10.1 Å². The molecule has 0 bridgehead atoms. The second-order valence-corrected chi connectivity index (χ2v) is 6.72. The maximum Gasteiger partial charge on any atom is 0.263 e. The Labute approximate surface area is 154 Å². The lowest BCUT2D eigenvalue weighted by Crippen LogP contribution is -2.45. The van der Waals surface area contributed by atoms with Crippen LogP contribution in [0.5, 0.6) is 5.75 Å². The summed E-state index contributed by atoms with van der Waals surface area (Å²) < 4.78 is 19.3. The molecule has 1 heterocycles. The Kier molecular flexibility index (Phi) is 6.23. The highest BCUT2D eigenvalue weighted by Crippen LogP contribution is 2.16. The van der Waals surface area contributed by atoms with Crippen molar-refractivity contribution in [2.75, 3.05) is 13.1 Å². The van der Waals surface area contributed by atoms with E-state index < -0.39 is 6.10 Å². The maximum absolute atomic E-state index is 13.5. The highest BCUT2D eigenvalue weighted by molar-refractivity contribution is 5.81. The van der Waals surface area contributed by atoms with E-state index >= 15 is 0 Å². The quantitative estimate of drug-likeness (QED) is 0.827. The van der Waals surface area contributed by atoms with E-state index in [0.717, 1.165) is 24.9 Å². The zero-order valence-corrected chi connectivity index (χ0v) is 15.0. The van der Waals surface area contributed by atoms with E-state index in [1.165, 1.54) is 12.1 Å². The zero-order chi connectivity index (χ0) is 18.4. The van der Waals surface area contributed by atoms with E-state index in [0.29, 0.717) is 18.8 Å². The molecule has 4 nitrogen and oxygen atoms in total. The fourth-order valence-corrected chi connectivity index (χ4v) is 3.28. The highest BCUT2D eigenvalue weighted by Gasteiger charge is 2.26. The third kappa shape index (κ3) is 5.05. The van der Waals surface area contributed by atoms with Crippen molar-refractivity contribution >= 4 is 5.91 Å². The predicted molar refractivity (Wildman–Crippen MR) is 99.4 cm³/mol. The molecule has 0 saturated carbocycles. The first-order valence-corrected chi connectivity index (χ1v) is 9.10. The van der Waals surface area contributed by atoms with Gasteiger partial charge in [-0.25, -0.2) is 4.39 Å². The second-order valence-electron chi connectivity index (χ2n) is 6.72. The van der Waals surface area contributed by atoms with E-state index in [9.17, 15) is 9.18 Å². The van der Waals surface area contributed by atoms with Crippen molar-refractivity contribution in [1.29, 1.82) is 0 Å². The van der Waals surface area contributed by atoms with Crippen LogP contribution in [0.2, 0.25) is 0 Å². The molecule has 0 radical (unpaired) electrons. The van der Waals surface area contributed by atoms with Crippen LogP contribution in [-0.2, 0) is 11.3 Å². The maximum atomic E-state index is 13.5. The Morgan fingerprint density at radius 2 is 2.08 bits per heavy atom. The Morgan fingerprint density at radius 1 is 1.27 bits per heavy atom. The van der Waals surface area contributed by atoms with Crippen LogP contribution in [0.25, 0.3) is 0 Å². The van der Waals surface area contributed by atoms with E-state index in [1.807, 2.05) is 36.4 Å². The lowest BCUT2D eigenvalue weighted by atomic mass is 10.1. The van der Waals surface area contributed by atoms with Crippen molar-refractivity contribution in [2.24, 2.45) is 0 Å². The summed E-state index contributed by atoms with van der Waals surface area (Å²) >= 11 is 0. The first-order chi connectivity index (χ1) is 12.6. The minimum atomic E-state index is -0.604. The SMILES string of the molecule is CC(Oc1ccccc1)C(=O)N(Cc1cccc(F)c1)CC1CCCN1. The molecule has 2 aromatic carbocycles. The number of hydrogen-bond acceptors (Lipinski definition) is 3. The number of nitrogens with zero attached hydrogens (tertiary/aromatic N) is 1. The van der Waals surface area contributed by atoms with Crippen LogP contribution in [-0.4, -0.2) is 36.0 Å². The van der Waals surface area contributed by atoms with E-state index in [-0.39, 0.29) is 17.8 Å². The molecule has 26 heavy (non-hydrogen) atoms. The molecule has 0 aromatic heterocycles. The van der Waals surface area contributed by atoms with Gasteiger partial charge in [0.2, 0.25) is 0 Å². The van der Waals surface area contributed by atoms with Gasteiger partial charge in [-0.15, -0.1) is 0 Å². The molecule has 2 aromatic rings. The molecule has 1 saturated heterocycles. The van der Waals surface area contributed by atoms with Gasteiger partial charge in [0.25, 0.3) is 5.91 Å². The van der Waals surface area contributed by atoms with Gasteiger partial charge in [-0.3, -0.25) is 4.79 Å². The molecule has 3 rings (SSSR count). The molecule has 5 heteroatoms. The fourth-order valence-electron chi connectivity index (χ4n) is 3.28. The summed E-state index contributed by atoms with van der Waals surface area (Å²) in [5.41, 5.74) is 0.781. The summed E-state index contributed by atoms with van der Waals surface area (Å²) in [6.45, 7) is 3.70. The molecule has 1 fully saturated rings. The first kappa shape index (κ1) is 18.4. The number of benzene rings is 2. The number of ether oxygens (including phenoxy) is 1. The zero-order valence-electron chi connectivity index (χ0n) is 15.0. The molecule has 0 aliphatic carbocycles. The van der Waals surface area contributed by atoms with Gasteiger partial charge in [-0.2, -0.15) is 0 Å². The second kappa shape index (κ2) is 8.81. The molecule has 2 atom stereocenters. The average Bonchev–Trinajstić information content (AvgIpc) is 3.14. The van der Waals surface area contributed by atoms with Gasteiger partial charge in [0.1, 0.15) is 11.6 Å². The van der Waals surface area contributed by atoms with Gasteiger partial charge in [0.05, 0.1) is 0 Å². The number of nitrogens with one attached hydrogen (secondary N) is 1. The Balaban J connectivity index is 1.71. The largest absolute Gasteiger partial charge is 0.481 e. The van der Waals surface area contributed by atoms with Gasteiger partial charge in [0, 0.05) is 19.1 Å². The van der Waals surface area contributed by atoms with Gasteiger partial charge < -0.3 is 15.0 Å². The highest BCUT2D eigenvalue weighted by atomic mass is 19.1. The first-order valence-electron chi connectivity index (χ1n) is 9.10. The third-order valence-electron chi connectivity index (χ3n) is 4.58. The van der Waals surface area contributed by atoms with E-state index in [1.54, 1.807) is 17.9 Å². The standard InChI is InChI=1S/C21H25FN2O2/c1-16(26-20-10-3-2-4-11-20)21(25)24(15-19-9-6-12-23-19)14-17-7-5-8-18(22)13-17/h2-5,7-8,10-11,13,16,19,23H,6,9,12,14-15H2,1H3. The van der Waals surface area contributed by atoms with Crippen LogP contribution in [0, 0.1) is 5.82 Å². The summed E-state index contributed by atoms with van der Waals surface area (Å²) in [5.74, 6) is 0.285. The van der Waals surface area contributed by atoms with Crippen LogP contribution in [0.1, 0.15) is 25.3 Å². The lowest BCUT2D eigenvalue weighted by molar-refractivity contribution is -0.139. The Morgan fingerprint density at radius 3 is 2.77 bits per heavy atom. The summed E-state index contributed by atoms with van der Waals surface area (Å²) in [6.07, 6.45) is 1.55. The summed E-state index contributed by atoms with van der Waals surface area (Å²) in [6, 6.07) is 16.0. The van der Waals surface area contributed by atoms with Crippen LogP contribution in [0.4, 0.5) is 4.39 Å². The molecular formula is C21H25FN2O2. The topological polar surface area (TPSA) is 41.6 Å². The smallest absolute Gasteiger partial charge is 0.263 e. The third-order valence-corrected chi connectivity index (χ3v) is 4.58. The van der Waals surface area contributed by atoms with Crippen molar-refractivity contribution in [3.05, 3.63) is 66.0 Å². The fraction of sp³-hybridized carbons (Fsp3) is 0.381. The number of rotatable bonds is 7. The molecule has 1 N–H and O–H groups in total. The number of carbonyl (C=O) groups excluding carboxylic acids is 1. The number of hydrogen-bond donors (Lipinski definition) is 1. The van der Waals surface area contributed by atoms with Crippen molar-refractivity contribution in [3.8, 4) is 5.75 Å². The number of para-hydroxylation sites is 1. The predicted octanol–water partition coefficient (Wildman–Crippen LogP) is 3.37. The van der Waals surface area contributed by atoms with Crippen molar-refractivity contribution in [1.82, 2.24) is 10.2 Å². The van der Waals surface area contributed by atoms with Gasteiger partial charge in [-0.1, -0.05) is 30.3 Å². The van der Waals surface area contributed by atoms with Crippen molar-refractivity contribution < 1.29 is 13.9 Å². The molecule has 1 aliphatic heterocycles. The Hall–Kier alpha value is -2.40. The van der Waals surface area contributed by atoms with Gasteiger partial charge in [0.15, 0.2) is 6.10 Å². The molecular weight excluding hydrogens is 331 g/mol. The number of carbonyl (C=O) groups is 1. The summed E-state index contributed by atoms with van der Waals surface area (Å²) in [4.78, 5) is 14.8. The lowest BCUT2D eigenvalue weighted by Gasteiger charge is -2.29. The van der Waals surface area contributed by atoms with Gasteiger partial charge in [-0.05, 0) is 56.1 Å². The molecule has 0 spiro atoms. The van der Waals surface area contributed by atoms with Crippen LogP contribution >= 0.6 is 0 Å². The molecule has 2 unspecified atom stereocenters. The number of amides is 1. The average molecular weight is 356 g/mol. The van der Waals surface area contributed by atoms with Crippen LogP contribution in [0.3, 0.4) is 0 Å². The molecule has 138 valence electrons. The summed E-state index contributed by atoms with van der Waals surface area (Å²) in [7, 11) is 0. The van der Waals surface area contributed by atoms with Crippen LogP contribution in [0.15, 0.2) is 54.6 Å². The van der Waals surface area contributed by atoms with E-state index in [2.05, 4.69) is 5.32 Å². The van der Waals surface area contributed by atoms with E-state index in [4.69, 9.17) is 4.74 Å². The normalized spacial score (nSPS) is 17.7. The Bertz CT molecular complexity index is 717. The monoisotopic (exact) mass is 356 g/mol.